The van der Waals surface area contributed by atoms with Crippen molar-refractivity contribution in [3.63, 3.8) is 0 Å². The van der Waals surface area contributed by atoms with Gasteiger partial charge in [-0.25, -0.2) is 9.59 Å². The predicted octanol–water partition coefficient (Wildman–Crippen LogP) is 3.72. The molecule has 1 heterocycles. The average molecular weight is 374 g/mol. The lowest BCUT2D eigenvalue weighted by Crippen LogP contribution is -2.65. The Labute approximate surface area is 149 Å². The number of benzene rings is 1. The maximum atomic E-state index is 14.2. The molecule has 1 aromatic carbocycles. The van der Waals surface area contributed by atoms with Crippen LogP contribution < -0.4 is 0 Å². The number of ether oxygens (including phenoxy) is 2. The van der Waals surface area contributed by atoms with E-state index in [2.05, 4.69) is 4.74 Å². The van der Waals surface area contributed by atoms with Gasteiger partial charge in [-0.1, -0.05) is 42.5 Å². The van der Waals surface area contributed by atoms with E-state index >= 15 is 0 Å². The molecule has 1 atom stereocenters. The first kappa shape index (κ1) is 19.2. The summed E-state index contributed by atoms with van der Waals surface area (Å²) < 4.78 is 38.1. The summed E-state index contributed by atoms with van der Waals surface area (Å²) in [6, 6.07) is 8.74. The predicted molar refractivity (Wildman–Crippen MR) is 87.3 cm³/mol. The number of nitrogens with zero attached hydrogens (tertiary/aromatic N) is 1. The van der Waals surface area contributed by atoms with Gasteiger partial charge < -0.3 is 9.47 Å². The SMILES string of the molecule is COC(=O)C1(C(F)(F)Cl)CCC=CCN1C(=O)OCc1ccccc1. The molecule has 0 saturated carbocycles. The minimum atomic E-state index is -4.03. The van der Waals surface area contributed by atoms with E-state index in [0.29, 0.717) is 10.5 Å². The third kappa shape index (κ3) is 3.92. The number of alkyl halides is 3. The fourth-order valence-corrected chi connectivity index (χ4v) is 2.97. The molecule has 0 aromatic heterocycles. The molecule has 1 aliphatic rings. The van der Waals surface area contributed by atoms with Gasteiger partial charge in [0, 0.05) is 6.54 Å². The Balaban J connectivity index is 2.30. The molecule has 0 spiro atoms. The average Bonchev–Trinajstić information content (AvgIpc) is 2.83. The highest BCUT2D eigenvalue weighted by molar-refractivity contribution is 6.24. The van der Waals surface area contributed by atoms with E-state index in [1.807, 2.05) is 0 Å². The number of carbonyl (C=O) groups is 2. The molecule has 0 N–H and O–H groups in total. The normalized spacial score (nSPS) is 20.7. The quantitative estimate of drug-likeness (QED) is 0.458. The maximum absolute atomic E-state index is 14.2. The molecule has 0 saturated heterocycles. The van der Waals surface area contributed by atoms with Crippen molar-refractivity contribution < 1.29 is 27.8 Å². The van der Waals surface area contributed by atoms with Gasteiger partial charge in [-0.3, -0.25) is 4.90 Å². The number of hydrogen-bond acceptors (Lipinski definition) is 4. The molecule has 136 valence electrons. The third-order valence-electron chi connectivity index (χ3n) is 4.01. The fraction of sp³-hybridized carbons (Fsp3) is 0.412. The topological polar surface area (TPSA) is 55.8 Å². The fourth-order valence-electron chi connectivity index (χ4n) is 2.70. The van der Waals surface area contributed by atoms with Crippen molar-refractivity contribution >= 4 is 23.7 Å². The molecule has 1 aromatic rings. The van der Waals surface area contributed by atoms with E-state index in [0.717, 1.165) is 7.11 Å². The van der Waals surface area contributed by atoms with Crippen LogP contribution in [0.4, 0.5) is 13.6 Å². The van der Waals surface area contributed by atoms with E-state index in [1.165, 1.54) is 6.08 Å². The highest BCUT2D eigenvalue weighted by Gasteiger charge is 2.64. The summed E-state index contributed by atoms with van der Waals surface area (Å²) in [6.45, 7) is -0.365. The molecule has 0 bridgehead atoms. The smallest absolute Gasteiger partial charge is 0.411 e. The number of rotatable bonds is 4. The number of carbonyl (C=O) groups excluding carboxylic acids is 2. The molecule has 0 aliphatic carbocycles. The zero-order valence-corrected chi connectivity index (χ0v) is 14.3. The number of allylic oxidation sites excluding steroid dienone is 1. The van der Waals surface area contributed by atoms with Crippen LogP contribution >= 0.6 is 11.6 Å². The highest BCUT2D eigenvalue weighted by atomic mass is 35.5. The van der Waals surface area contributed by atoms with Gasteiger partial charge in [0.25, 0.3) is 0 Å². The number of methoxy groups -OCH3 is 1. The highest BCUT2D eigenvalue weighted by Crippen LogP contribution is 2.43. The Bertz CT molecular complexity index is 648. The molecular weight excluding hydrogens is 356 g/mol. The zero-order valence-electron chi connectivity index (χ0n) is 13.6. The molecule has 1 unspecified atom stereocenters. The Morgan fingerprint density at radius 1 is 1.28 bits per heavy atom. The van der Waals surface area contributed by atoms with Gasteiger partial charge in [0.05, 0.1) is 7.11 Å². The molecule has 8 heteroatoms. The van der Waals surface area contributed by atoms with E-state index in [-0.39, 0.29) is 26.0 Å². The minimum absolute atomic E-state index is 0.120. The van der Waals surface area contributed by atoms with Gasteiger partial charge in [-0.15, -0.1) is 0 Å². The van der Waals surface area contributed by atoms with Gasteiger partial charge >= 0.3 is 17.4 Å². The van der Waals surface area contributed by atoms with Crippen LogP contribution in [0, 0.1) is 0 Å². The van der Waals surface area contributed by atoms with Crippen molar-refractivity contribution in [2.45, 2.75) is 30.4 Å². The Hall–Kier alpha value is -2.15. The Kier molecular flexibility index (Phi) is 6.00. The van der Waals surface area contributed by atoms with E-state index in [4.69, 9.17) is 16.3 Å². The van der Waals surface area contributed by atoms with E-state index in [9.17, 15) is 18.4 Å². The van der Waals surface area contributed by atoms with Crippen LogP contribution in [0.2, 0.25) is 0 Å². The van der Waals surface area contributed by atoms with Gasteiger partial charge in [0.1, 0.15) is 6.61 Å². The minimum Gasteiger partial charge on any atom is -0.467 e. The molecule has 1 amide bonds. The second kappa shape index (κ2) is 7.82. The summed E-state index contributed by atoms with van der Waals surface area (Å²) in [5, 5.41) is -4.03. The summed E-state index contributed by atoms with van der Waals surface area (Å²) in [5.74, 6) is -1.28. The third-order valence-corrected chi connectivity index (χ3v) is 4.32. The van der Waals surface area contributed by atoms with Crippen molar-refractivity contribution in [3.8, 4) is 0 Å². The summed E-state index contributed by atoms with van der Waals surface area (Å²) in [7, 11) is 0.971. The van der Waals surface area contributed by atoms with E-state index in [1.54, 1.807) is 36.4 Å². The van der Waals surface area contributed by atoms with Crippen molar-refractivity contribution in [2.24, 2.45) is 0 Å². The van der Waals surface area contributed by atoms with Gasteiger partial charge in [0.2, 0.25) is 5.54 Å². The molecular formula is C17H18ClF2NO4. The van der Waals surface area contributed by atoms with Crippen molar-refractivity contribution in [3.05, 3.63) is 48.0 Å². The largest absolute Gasteiger partial charge is 0.467 e. The summed E-state index contributed by atoms with van der Waals surface area (Å²) in [5.41, 5.74) is -1.96. The standard InChI is InChI=1S/C17H18ClF2NO4/c1-24-14(22)16(17(18,19)20)10-6-3-7-11-21(16)15(23)25-12-13-8-4-2-5-9-13/h2-5,7-9H,6,10-12H2,1H3. The van der Waals surface area contributed by atoms with Crippen LogP contribution in [0.5, 0.6) is 0 Å². The lowest BCUT2D eigenvalue weighted by Gasteiger charge is -2.41. The first-order chi connectivity index (χ1) is 11.8. The lowest BCUT2D eigenvalue weighted by atomic mass is 9.92. The molecule has 2 rings (SSSR count). The molecule has 5 nitrogen and oxygen atoms in total. The number of hydrogen-bond donors (Lipinski definition) is 0. The molecule has 0 radical (unpaired) electrons. The van der Waals surface area contributed by atoms with Crippen LogP contribution in [0.3, 0.4) is 0 Å². The van der Waals surface area contributed by atoms with Crippen LogP contribution in [0.1, 0.15) is 18.4 Å². The van der Waals surface area contributed by atoms with Gasteiger partial charge in [-0.2, -0.15) is 8.78 Å². The van der Waals surface area contributed by atoms with Crippen LogP contribution in [0.15, 0.2) is 42.5 Å². The summed E-state index contributed by atoms with van der Waals surface area (Å²) >= 11 is 5.26. The molecule has 0 fully saturated rings. The summed E-state index contributed by atoms with van der Waals surface area (Å²) in [6.07, 6.45) is 1.80. The zero-order chi connectivity index (χ0) is 18.5. The first-order valence-corrected chi connectivity index (χ1v) is 7.99. The Morgan fingerprint density at radius 2 is 1.96 bits per heavy atom. The second-order valence-electron chi connectivity index (χ2n) is 5.51. The van der Waals surface area contributed by atoms with Crippen LogP contribution in [-0.2, 0) is 20.9 Å². The number of amides is 1. The first-order valence-electron chi connectivity index (χ1n) is 7.61. The van der Waals surface area contributed by atoms with Gasteiger partial charge in [0.15, 0.2) is 0 Å². The van der Waals surface area contributed by atoms with Crippen molar-refractivity contribution in [1.82, 2.24) is 4.90 Å². The summed E-state index contributed by atoms with van der Waals surface area (Å²) in [4.78, 5) is 25.3. The Morgan fingerprint density at radius 3 is 2.56 bits per heavy atom. The van der Waals surface area contributed by atoms with Crippen molar-refractivity contribution in [1.29, 1.82) is 0 Å². The lowest BCUT2D eigenvalue weighted by molar-refractivity contribution is -0.171. The van der Waals surface area contributed by atoms with E-state index < -0.39 is 23.0 Å². The molecule has 1 aliphatic heterocycles. The van der Waals surface area contributed by atoms with Gasteiger partial charge in [-0.05, 0) is 30.0 Å². The number of esters is 1. The van der Waals surface area contributed by atoms with Crippen LogP contribution in [-0.4, -0.2) is 41.5 Å². The maximum Gasteiger partial charge on any atom is 0.411 e. The van der Waals surface area contributed by atoms with Crippen molar-refractivity contribution in [2.75, 3.05) is 13.7 Å². The number of halogens is 3. The monoisotopic (exact) mass is 373 g/mol. The molecule has 25 heavy (non-hydrogen) atoms. The second-order valence-corrected chi connectivity index (χ2v) is 5.99. The van der Waals surface area contributed by atoms with Crippen LogP contribution in [0.25, 0.3) is 0 Å².